The number of nitrogens with one attached hydrogen (secondary N) is 1. The molecule has 4 fully saturated rings. The third-order valence-electron chi connectivity index (χ3n) is 5.96. The van der Waals surface area contributed by atoms with Crippen molar-refractivity contribution in [1.82, 2.24) is 5.32 Å². The maximum atomic E-state index is 6.36. The number of benzene rings is 1. The monoisotopic (exact) mass is 270 g/mol. The molecule has 2 nitrogen and oxygen atoms in total. The van der Waals surface area contributed by atoms with Gasteiger partial charge in [0.25, 0.3) is 0 Å². The molecule has 0 amide bonds. The maximum absolute atomic E-state index is 6.36. The van der Waals surface area contributed by atoms with Crippen LogP contribution < -0.4 is 11.1 Å². The number of hydrogen-bond acceptors (Lipinski definition) is 2. The fourth-order valence-electron chi connectivity index (χ4n) is 5.47. The van der Waals surface area contributed by atoms with E-state index >= 15 is 0 Å². The smallest absolute Gasteiger partial charge is 0.0421 e. The third kappa shape index (κ3) is 2.29. The van der Waals surface area contributed by atoms with Gasteiger partial charge in [-0.2, -0.15) is 0 Å². The van der Waals surface area contributed by atoms with Crippen LogP contribution in [0.4, 0.5) is 0 Å². The van der Waals surface area contributed by atoms with Gasteiger partial charge in [-0.3, -0.25) is 0 Å². The minimum Gasteiger partial charge on any atom is -0.323 e. The lowest BCUT2D eigenvalue weighted by Crippen LogP contribution is -2.59. The van der Waals surface area contributed by atoms with E-state index in [0.29, 0.717) is 5.54 Å². The molecule has 0 radical (unpaired) electrons. The Bertz CT molecular complexity index is 432. The van der Waals surface area contributed by atoms with Crippen LogP contribution in [0.5, 0.6) is 0 Å². The zero-order chi connectivity index (χ0) is 13.6. The molecule has 4 saturated carbocycles. The Labute approximate surface area is 122 Å². The summed E-state index contributed by atoms with van der Waals surface area (Å²) in [7, 11) is 0. The Morgan fingerprint density at radius 3 is 2.10 bits per heavy atom. The summed E-state index contributed by atoms with van der Waals surface area (Å²) in [5.74, 6) is 3.00. The van der Waals surface area contributed by atoms with E-state index < -0.39 is 0 Å². The van der Waals surface area contributed by atoms with Gasteiger partial charge in [-0.25, -0.2) is 0 Å². The standard InChI is InChI=1S/C18H26N2/c19-17(16-4-2-1-3-5-16)12-20-18-9-13-6-14(10-18)8-15(7-13)11-18/h1-5,13-15,17,20H,6-12,19H2. The van der Waals surface area contributed by atoms with Crippen LogP contribution >= 0.6 is 0 Å². The van der Waals surface area contributed by atoms with Crippen LogP contribution in [0, 0.1) is 17.8 Å². The van der Waals surface area contributed by atoms with E-state index in [1.807, 2.05) is 0 Å². The highest BCUT2D eigenvalue weighted by Gasteiger charge is 2.50. The van der Waals surface area contributed by atoms with Crippen molar-refractivity contribution in [3.63, 3.8) is 0 Å². The Morgan fingerprint density at radius 2 is 1.55 bits per heavy atom. The topological polar surface area (TPSA) is 38.0 Å². The first-order valence-corrected chi connectivity index (χ1v) is 8.28. The van der Waals surface area contributed by atoms with E-state index in [9.17, 15) is 0 Å². The average Bonchev–Trinajstić information content (AvgIpc) is 2.44. The van der Waals surface area contributed by atoms with Crippen molar-refractivity contribution in [3.05, 3.63) is 35.9 Å². The van der Waals surface area contributed by atoms with E-state index in [-0.39, 0.29) is 6.04 Å². The summed E-state index contributed by atoms with van der Waals surface area (Å²) in [4.78, 5) is 0. The van der Waals surface area contributed by atoms with Gasteiger partial charge in [0.2, 0.25) is 0 Å². The first-order valence-electron chi connectivity index (χ1n) is 8.28. The van der Waals surface area contributed by atoms with Crippen LogP contribution in [0.3, 0.4) is 0 Å². The summed E-state index contributed by atoms with van der Waals surface area (Å²) >= 11 is 0. The number of hydrogen-bond donors (Lipinski definition) is 2. The predicted molar refractivity (Wildman–Crippen MR) is 82.3 cm³/mol. The van der Waals surface area contributed by atoms with E-state index in [4.69, 9.17) is 5.73 Å². The molecule has 108 valence electrons. The van der Waals surface area contributed by atoms with Gasteiger partial charge in [-0.1, -0.05) is 30.3 Å². The Morgan fingerprint density at radius 1 is 1.00 bits per heavy atom. The van der Waals surface area contributed by atoms with Gasteiger partial charge < -0.3 is 11.1 Å². The summed E-state index contributed by atoms with van der Waals surface area (Å²) in [5.41, 5.74) is 8.05. The summed E-state index contributed by atoms with van der Waals surface area (Å²) in [6.07, 6.45) is 8.73. The minimum atomic E-state index is 0.129. The van der Waals surface area contributed by atoms with Crippen molar-refractivity contribution in [2.75, 3.05) is 6.54 Å². The molecule has 1 atom stereocenters. The van der Waals surface area contributed by atoms with Crippen LogP contribution in [-0.2, 0) is 0 Å². The summed E-state index contributed by atoms with van der Waals surface area (Å²) in [6.45, 7) is 0.927. The van der Waals surface area contributed by atoms with Crippen LogP contribution in [-0.4, -0.2) is 12.1 Å². The van der Waals surface area contributed by atoms with E-state index in [0.717, 1.165) is 24.3 Å². The maximum Gasteiger partial charge on any atom is 0.0421 e. The highest BCUT2D eigenvalue weighted by molar-refractivity contribution is 5.19. The molecule has 1 aromatic rings. The SMILES string of the molecule is NC(CNC12CC3CC(CC(C3)C1)C2)c1ccccc1. The zero-order valence-electron chi connectivity index (χ0n) is 12.2. The molecular formula is C18H26N2. The van der Waals surface area contributed by atoms with Gasteiger partial charge >= 0.3 is 0 Å². The molecule has 0 saturated heterocycles. The predicted octanol–water partition coefficient (Wildman–Crippen LogP) is 3.24. The molecule has 4 bridgehead atoms. The minimum absolute atomic E-state index is 0.129. The molecule has 0 heterocycles. The van der Waals surface area contributed by atoms with Crippen molar-refractivity contribution in [2.24, 2.45) is 23.5 Å². The van der Waals surface area contributed by atoms with E-state index in [1.54, 1.807) is 0 Å². The highest BCUT2D eigenvalue weighted by Crippen LogP contribution is 2.55. The normalized spacial score (nSPS) is 40.0. The van der Waals surface area contributed by atoms with Crippen molar-refractivity contribution in [3.8, 4) is 0 Å². The van der Waals surface area contributed by atoms with Gasteiger partial charge in [0.15, 0.2) is 0 Å². The fourth-order valence-corrected chi connectivity index (χ4v) is 5.47. The lowest BCUT2D eigenvalue weighted by molar-refractivity contribution is -0.0201. The second kappa shape index (κ2) is 4.85. The zero-order valence-corrected chi connectivity index (χ0v) is 12.2. The highest BCUT2D eigenvalue weighted by atomic mass is 15.0. The van der Waals surface area contributed by atoms with Crippen LogP contribution in [0.15, 0.2) is 30.3 Å². The van der Waals surface area contributed by atoms with Gasteiger partial charge in [0, 0.05) is 18.1 Å². The Balaban J connectivity index is 1.42. The summed E-state index contributed by atoms with van der Waals surface area (Å²) in [6, 6.07) is 10.6. The molecule has 2 heteroatoms. The molecule has 5 rings (SSSR count). The molecule has 1 unspecified atom stereocenters. The van der Waals surface area contributed by atoms with E-state index in [2.05, 4.69) is 35.6 Å². The molecule has 1 aromatic carbocycles. The largest absolute Gasteiger partial charge is 0.323 e. The molecule has 4 aliphatic rings. The summed E-state index contributed by atoms with van der Waals surface area (Å²) in [5, 5.41) is 3.90. The average molecular weight is 270 g/mol. The van der Waals surface area contributed by atoms with Gasteiger partial charge in [-0.05, 0) is 61.8 Å². The Hall–Kier alpha value is -0.860. The quantitative estimate of drug-likeness (QED) is 0.881. The molecular weight excluding hydrogens is 244 g/mol. The van der Waals surface area contributed by atoms with Crippen molar-refractivity contribution >= 4 is 0 Å². The third-order valence-corrected chi connectivity index (χ3v) is 5.96. The first kappa shape index (κ1) is 12.8. The molecule has 4 aliphatic carbocycles. The molecule has 20 heavy (non-hydrogen) atoms. The van der Waals surface area contributed by atoms with Crippen LogP contribution in [0.25, 0.3) is 0 Å². The van der Waals surface area contributed by atoms with Crippen molar-refractivity contribution in [1.29, 1.82) is 0 Å². The van der Waals surface area contributed by atoms with Crippen molar-refractivity contribution in [2.45, 2.75) is 50.1 Å². The van der Waals surface area contributed by atoms with E-state index in [1.165, 1.54) is 44.1 Å². The lowest BCUT2D eigenvalue weighted by Gasteiger charge is -2.57. The first-order chi connectivity index (χ1) is 9.72. The Kier molecular flexibility index (Phi) is 3.12. The lowest BCUT2D eigenvalue weighted by atomic mass is 9.53. The molecule has 0 aliphatic heterocycles. The molecule has 3 N–H and O–H groups in total. The second-order valence-electron chi connectivity index (χ2n) is 7.60. The molecule has 0 spiro atoms. The van der Waals surface area contributed by atoms with Gasteiger partial charge in [0.1, 0.15) is 0 Å². The fraction of sp³-hybridized carbons (Fsp3) is 0.667. The summed E-state index contributed by atoms with van der Waals surface area (Å²) < 4.78 is 0. The van der Waals surface area contributed by atoms with Crippen molar-refractivity contribution < 1.29 is 0 Å². The second-order valence-corrected chi connectivity index (χ2v) is 7.60. The van der Waals surface area contributed by atoms with Crippen LogP contribution in [0.2, 0.25) is 0 Å². The number of rotatable bonds is 4. The van der Waals surface area contributed by atoms with Gasteiger partial charge in [-0.15, -0.1) is 0 Å². The number of nitrogens with two attached hydrogens (primary N) is 1. The molecule has 0 aromatic heterocycles. The van der Waals surface area contributed by atoms with Gasteiger partial charge in [0.05, 0.1) is 0 Å². The van der Waals surface area contributed by atoms with Crippen LogP contribution in [0.1, 0.15) is 50.1 Å².